The zero-order chi connectivity index (χ0) is 10.7. The molecule has 1 saturated carbocycles. The Kier molecular flexibility index (Phi) is 3.41. The number of imidazole rings is 1. The first kappa shape index (κ1) is 10.7. The van der Waals surface area contributed by atoms with E-state index in [9.17, 15) is 5.11 Å². The lowest BCUT2D eigenvalue weighted by atomic mass is 9.85. The fourth-order valence-corrected chi connectivity index (χ4v) is 2.46. The highest BCUT2D eigenvalue weighted by atomic mass is 16.3. The van der Waals surface area contributed by atoms with Crippen LogP contribution in [0.15, 0.2) is 12.5 Å². The lowest BCUT2D eigenvalue weighted by molar-refractivity contribution is 0.128. The molecule has 2 rings (SSSR count). The van der Waals surface area contributed by atoms with Crippen LogP contribution in [0.5, 0.6) is 0 Å². The molecule has 1 unspecified atom stereocenters. The van der Waals surface area contributed by atoms with Gasteiger partial charge in [-0.25, -0.2) is 4.98 Å². The second-order valence-electron chi connectivity index (χ2n) is 4.72. The summed E-state index contributed by atoms with van der Waals surface area (Å²) in [5.74, 6) is 0.704. The van der Waals surface area contributed by atoms with Crippen LogP contribution in [0.3, 0.4) is 0 Å². The molecule has 1 aliphatic rings. The predicted molar refractivity (Wildman–Crippen MR) is 59.4 cm³/mol. The Bertz CT molecular complexity index is 302. The first-order valence-electron chi connectivity index (χ1n) is 5.91. The van der Waals surface area contributed by atoms with Crippen molar-refractivity contribution < 1.29 is 5.11 Å². The van der Waals surface area contributed by atoms with Crippen LogP contribution >= 0.6 is 0 Å². The molecule has 15 heavy (non-hydrogen) atoms. The van der Waals surface area contributed by atoms with Gasteiger partial charge < -0.3 is 9.67 Å². The first-order valence-corrected chi connectivity index (χ1v) is 5.91. The van der Waals surface area contributed by atoms with Crippen molar-refractivity contribution in [3.8, 4) is 0 Å². The number of hydrogen-bond donors (Lipinski definition) is 1. The van der Waals surface area contributed by atoms with Gasteiger partial charge in [-0.05, 0) is 12.3 Å². The van der Waals surface area contributed by atoms with E-state index >= 15 is 0 Å². The Hall–Kier alpha value is -0.830. The molecular weight excluding hydrogens is 188 g/mol. The van der Waals surface area contributed by atoms with Gasteiger partial charge in [-0.3, -0.25) is 0 Å². The van der Waals surface area contributed by atoms with E-state index in [0.717, 1.165) is 12.1 Å². The van der Waals surface area contributed by atoms with E-state index in [1.54, 1.807) is 6.33 Å². The zero-order valence-corrected chi connectivity index (χ0v) is 9.39. The Balaban J connectivity index is 1.88. The van der Waals surface area contributed by atoms with E-state index in [4.69, 9.17) is 0 Å². The smallest absolute Gasteiger partial charge is 0.0977 e. The van der Waals surface area contributed by atoms with Crippen LogP contribution in [0.4, 0.5) is 0 Å². The summed E-state index contributed by atoms with van der Waals surface area (Å²) in [5, 5.41) is 10.0. The minimum Gasteiger partial charge on any atom is -0.387 e. The summed E-state index contributed by atoms with van der Waals surface area (Å²) in [7, 11) is 1.93. The number of aliphatic hydroxyl groups is 1. The number of aliphatic hydroxyl groups excluding tert-OH is 1. The van der Waals surface area contributed by atoms with Gasteiger partial charge in [0.2, 0.25) is 0 Å². The molecular formula is C12H20N2O. The number of rotatable bonds is 3. The normalized spacial score (nSPS) is 20.4. The number of aryl methyl sites for hydroxylation is 1. The molecule has 0 spiro atoms. The maximum atomic E-state index is 10.0. The summed E-state index contributed by atoms with van der Waals surface area (Å²) >= 11 is 0. The quantitative estimate of drug-likeness (QED) is 0.828. The summed E-state index contributed by atoms with van der Waals surface area (Å²) in [6.07, 6.45) is 10.8. The molecule has 0 amide bonds. The van der Waals surface area contributed by atoms with Crippen molar-refractivity contribution in [2.24, 2.45) is 13.0 Å². The van der Waals surface area contributed by atoms with Crippen molar-refractivity contribution >= 4 is 0 Å². The van der Waals surface area contributed by atoms with Gasteiger partial charge in [0, 0.05) is 13.2 Å². The van der Waals surface area contributed by atoms with Crippen molar-refractivity contribution in [2.75, 3.05) is 0 Å². The Labute approximate surface area is 91.1 Å². The minimum atomic E-state index is -0.366. The first-order chi connectivity index (χ1) is 7.25. The van der Waals surface area contributed by atoms with Crippen LogP contribution in [-0.2, 0) is 7.05 Å². The van der Waals surface area contributed by atoms with E-state index in [1.165, 1.54) is 32.1 Å². The average Bonchev–Trinajstić information content (AvgIpc) is 2.66. The molecule has 84 valence electrons. The third-order valence-corrected chi connectivity index (χ3v) is 3.35. The van der Waals surface area contributed by atoms with Gasteiger partial charge >= 0.3 is 0 Å². The fourth-order valence-electron chi connectivity index (χ4n) is 2.46. The van der Waals surface area contributed by atoms with E-state index in [2.05, 4.69) is 4.98 Å². The minimum absolute atomic E-state index is 0.366. The van der Waals surface area contributed by atoms with Crippen LogP contribution in [0.1, 0.15) is 50.3 Å². The number of nitrogens with zero attached hydrogens (tertiary/aromatic N) is 2. The van der Waals surface area contributed by atoms with Crippen molar-refractivity contribution in [1.29, 1.82) is 0 Å². The van der Waals surface area contributed by atoms with Crippen LogP contribution in [0.2, 0.25) is 0 Å². The molecule has 3 heteroatoms. The third kappa shape index (κ3) is 2.81. The molecule has 1 fully saturated rings. The van der Waals surface area contributed by atoms with Gasteiger partial charge in [-0.1, -0.05) is 32.1 Å². The highest BCUT2D eigenvalue weighted by Gasteiger charge is 2.19. The van der Waals surface area contributed by atoms with E-state index < -0.39 is 0 Å². The standard InChI is InChI=1S/C12H20N2O/c1-14-8-11(13-9-14)12(15)7-10-5-3-2-4-6-10/h8-10,12,15H,2-7H2,1H3. The SMILES string of the molecule is Cn1cnc(C(O)CC2CCCCC2)c1. The summed E-state index contributed by atoms with van der Waals surface area (Å²) in [6.45, 7) is 0. The molecule has 1 N–H and O–H groups in total. The molecule has 1 atom stereocenters. The second-order valence-corrected chi connectivity index (χ2v) is 4.72. The Morgan fingerprint density at radius 2 is 2.20 bits per heavy atom. The van der Waals surface area contributed by atoms with E-state index in [-0.39, 0.29) is 6.10 Å². The highest BCUT2D eigenvalue weighted by molar-refractivity contribution is 5.00. The van der Waals surface area contributed by atoms with Gasteiger partial charge in [-0.2, -0.15) is 0 Å². The van der Waals surface area contributed by atoms with Gasteiger partial charge in [0.15, 0.2) is 0 Å². The highest BCUT2D eigenvalue weighted by Crippen LogP contribution is 2.31. The molecule has 3 nitrogen and oxygen atoms in total. The third-order valence-electron chi connectivity index (χ3n) is 3.35. The zero-order valence-electron chi connectivity index (χ0n) is 9.39. The van der Waals surface area contributed by atoms with Gasteiger partial charge in [-0.15, -0.1) is 0 Å². The summed E-state index contributed by atoms with van der Waals surface area (Å²) in [4.78, 5) is 4.19. The molecule has 1 aliphatic carbocycles. The van der Waals surface area contributed by atoms with Gasteiger partial charge in [0.25, 0.3) is 0 Å². The fraction of sp³-hybridized carbons (Fsp3) is 0.750. The summed E-state index contributed by atoms with van der Waals surface area (Å²) in [5.41, 5.74) is 0.822. The molecule has 0 aliphatic heterocycles. The molecule has 1 heterocycles. The number of hydrogen-bond acceptors (Lipinski definition) is 2. The largest absolute Gasteiger partial charge is 0.387 e. The molecule has 0 aromatic carbocycles. The van der Waals surface area contributed by atoms with Gasteiger partial charge in [0.05, 0.1) is 18.1 Å². The molecule has 1 aromatic rings. The lowest BCUT2D eigenvalue weighted by Crippen LogP contribution is -2.11. The number of aromatic nitrogens is 2. The maximum absolute atomic E-state index is 10.0. The van der Waals surface area contributed by atoms with Crippen molar-refractivity contribution in [1.82, 2.24) is 9.55 Å². The average molecular weight is 208 g/mol. The van der Waals surface area contributed by atoms with Crippen molar-refractivity contribution in [3.63, 3.8) is 0 Å². The molecule has 1 aromatic heterocycles. The van der Waals surface area contributed by atoms with Crippen LogP contribution < -0.4 is 0 Å². The molecule has 0 radical (unpaired) electrons. The van der Waals surface area contributed by atoms with Crippen molar-refractivity contribution in [3.05, 3.63) is 18.2 Å². The second kappa shape index (κ2) is 4.79. The monoisotopic (exact) mass is 208 g/mol. The molecule has 0 saturated heterocycles. The summed E-state index contributed by atoms with van der Waals surface area (Å²) < 4.78 is 1.89. The maximum Gasteiger partial charge on any atom is 0.0977 e. The Morgan fingerprint density at radius 3 is 2.80 bits per heavy atom. The van der Waals surface area contributed by atoms with Crippen LogP contribution in [0.25, 0.3) is 0 Å². The van der Waals surface area contributed by atoms with E-state index in [0.29, 0.717) is 5.92 Å². The molecule has 0 bridgehead atoms. The summed E-state index contributed by atoms with van der Waals surface area (Å²) in [6, 6.07) is 0. The van der Waals surface area contributed by atoms with Crippen LogP contribution in [0, 0.1) is 5.92 Å². The predicted octanol–water partition coefficient (Wildman–Crippen LogP) is 2.42. The van der Waals surface area contributed by atoms with E-state index in [1.807, 2.05) is 17.8 Å². The topological polar surface area (TPSA) is 38.0 Å². The Morgan fingerprint density at radius 1 is 1.47 bits per heavy atom. The van der Waals surface area contributed by atoms with Gasteiger partial charge in [0.1, 0.15) is 0 Å². The lowest BCUT2D eigenvalue weighted by Gasteiger charge is -2.23. The van der Waals surface area contributed by atoms with Crippen LogP contribution in [-0.4, -0.2) is 14.7 Å². The van der Waals surface area contributed by atoms with Crippen molar-refractivity contribution in [2.45, 2.75) is 44.6 Å².